The lowest BCUT2D eigenvalue weighted by atomic mass is 11.0. The lowest BCUT2D eigenvalue weighted by molar-refractivity contribution is -0.305. The molecule has 10 heteroatoms. The summed E-state index contributed by atoms with van der Waals surface area (Å²) in [5.41, 5.74) is 10.2. The van der Waals surface area contributed by atoms with Crippen molar-refractivity contribution in [2.45, 2.75) is 0 Å². The van der Waals surface area contributed by atoms with E-state index < -0.39 is 0 Å². The molecule has 0 rings (SSSR count). The Morgan fingerprint density at radius 2 is 1.31 bits per heavy atom. The van der Waals surface area contributed by atoms with E-state index in [2.05, 4.69) is 22.1 Å². The molecule has 0 aliphatic carbocycles. The molecule has 6 N–H and O–H groups in total. The van der Waals surface area contributed by atoms with Gasteiger partial charge in [-0.2, -0.15) is 32.4 Å². The van der Waals surface area contributed by atoms with Gasteiger partial charge in [0.05, 0.1) is 0 Å². The van der Waals surface area contributed by atoms with Crippen LogP contribution in [0.5, 0.6) is 0 Å². The summed E-state index contributed by atoms with van der Waals surface area (Å²) in [4.78, 5) is 0. The number of hydrogen-bond acceptors (Lipinski definition) is 10. The van der Waals surface area contributed by atoms with Crippen LogP contribution in [0.25, 0.3) is 0 Å². The fourth-order valence-corrected chi connectivity index (χ4v) is 0.858. The summed E-state index contributed by atoms with van der Waals surface area (Å²) in [5.74, 6) is 5.02. The maximum Gasteiger partial charge on any atom is 0.0207 e. The molecule has 0 bridgehead atoms. The van der Waals surface area contributed by atoms with Crippen LogP contribution < -0.4 is 28.0 Å². The molecular formula is C6H24N10. The van der Waals surface area contributed by atoms with Gasteiger partial charge in [0.2, 0.25) is 0 Å². The normalized spacial score (nSPS) is 12.8. The molecule has 98 valence electrons. The lowest BCUT2D eigenvalue weighted by Crippen LogP contribution is -2.65. The molecule has 0 heterocycles. The highest BCUT2D eigenvalue weighted by molar-refractivity contribution is 4.35. The van der Waals surface area contributed by atoms with Crippen LogP contribution in [-0.2, 0) is 0 Å². The van der Waals surface area contributed by atoms with Crippen molar-refractivity contribution in [1.29, 1.82) is 0 Å². The molecule has 0 aromatic rings. The van der Waals surface area contributed by atoms with Crippen molar-refractivity contribution in [2.24, 2.45) is 5.84 Å². The van der Waals surface area contributed by atoms with Gasteiger partial charge in [-0.25, -0.2) is 5.01 Å². The van der Waals surface area contributed by atoms with Crippen molar-refractivity contribution >= 4 is 0 Å². The second kappa shape index (κ2) is 7.81. The summed E-state index contributed by atoms with van der Waals surface area (Å²) >= 11 is 0. The van der Waals surface area contributed by atoms with Crippen molar-refractivity contribution in [1.82, 2.24) is 47.6 Å². The van der Waals surface area contributed by atoms with Crippen LogP contribution in [0.4, 0.5) is 0 Å². The van der Waals surface area contributed by atoms with E-state index in [0.717, 1.165) is 0 Å². The molecule has 0 fully saturated rings. The standard InChI is InChI=1S/C6H24N10/c1-12(2)14(4)16(6)15(5)13(3)11-10-9-8-7/h8-11H,7H2,1-6H3. The van der Waals surface area contributed by atoms with E-state index in [0.29, 0.717) is 0 Å². The highest BCUT2D eigenvalue weighted by atomic mass is 16.1. The summed E-state index contributed by atoms with van der Waals surface area (Å²) in [7, 11) is 11.5. The molecule has 0 amide bonds. The maximum absolute atomic E-state index is 5.02. The zero-order chi connectivity index (χ0) is 12.7. The first-order valence-corrected chi connectivity index (χ1v) is 4.75. The molecule has 16 heavy (non-hydrogen) atoms. The largest absolute Gasteiger partial charge is 0.257 e. The predicted octanol–water partition coefficient (Wildman–Crippen LogP) is -3.17. The van der Waals surface area contributed by atoms with Gasteiger partial charge in [-0.3, -0.25) is 5.84 Å². The molecule has 0 aliphatic heterocycles. The topological polar surface area (TPSA) is 90.3 Å². The summed E-state index contributed by atoms with van der Waals surface area (Å²) in [6.45, 7) is 0. The van der Waals surface area contributed by atoms with Crippen molar-refractivity contribution in [3.05, 3.63) is 0 Å². The van der Waals surface area contributed by atoms with Gasteiger partial charge in [-0.05, 0) is 0 Å². The van der Waals surface area contributed by atoms with Gasteiger partial charge >= 0.3 is 0 Å². The van der Waals surface area contributed by atoms with Crippen molar-refractivity contribution < 1.29 is 0 Å². The average molecular weight is 236 g/mol. The number of hydrogen-bond donors (Lipinski definition) is 5. The van der Waals surface area contributed by atoms with Crippen LogP contribution in [0.1, 0.15) is 0 Å². The highest BCUT2D eigenvalue weighted by Crippen LogP contribution is 1.97. The van der Waals surface area contributed by atoms with Crippen LogP contribution in [0.3, 0.4) is 0 Å². The lowest BCUT2D eigenvalue weighted by Gasteiger charge is -2.41. The van der Waals surface area contributed by atoms with E-state index in [1.54, 1.807) is 5.12 Å². The van der Waals surface area contributed by atoms with Gasteiger partial charge in [-0.15, -0.1) is 10.2 Å². The summed E-state index contributed by atoms with van der Waals surface area (Å²) in [6, 6.07) is 0. The zero-order valence-corrected chi connectivity index (χ0v) is 10.8. The van der Waals surface area contributed by atoms with Crippen LogP contribution in [-0.4, -0.2) is 67.8 Å². The Labute approximate surface area is 96.6 Å². The fraction of sp³-hybridized carbons (Fsp3) is 1.00. The molecule has 0 atom stereocenters. The second-order valence-corrected chi connectivity index (χ2v) is 3.35. The Balaban J connectivity index is 4.05. The van der Waals surface area contributed by atoms with E-state index in [-0.39, 0.29) is 0 Å². The Bertz CT molecular complexity index is 175. The zero-order valence-electron chi connectivity index (χ0n) is 10.8. The number of nitrogens with two attached hydrogens (primary N) is 1. The Kier molecular flexibility index (Phi) is 7.61. The minimum atomic E-state index is 1.71. The minimum absolute atomic E-state index is 1.71. The smallest absolute Gasteiger partial charge is 0.0207 e. The molecule has 0 saturated heterocycles. The third kappa shape index (κ3) is 5.09. The first-order chi connectivity index (χ1) is 7.41. The number of hydrazine groups is 9. The number of nitrogens with zero attached hydrogens (tertiary/aromatic N) is 5. The molecule has 0 aromatic heterocycles. The first-order valence-electron chi connectivity index (χ1n) is 4.75. The maximum atomic E-state index is 5.02. The number of nitrogens with one attached hydrogen (secondary N) is 4. The van der Waals surface area contributed by atoms with E-state index in [9.17, 15) is 0 Å². The predicted molar refractivity (Wildman–Crippen MR) is 61.5 cm³/mol. The second-order valence-electron chi connectivity index (χ2n) is 3.35. The van der Waals surface area contributed by atoms with Crippen LogP contribution in [0, 0.1) is 0 Å². The Morgan fingerprint density at radius 3 is 1.75 bits per heavy atom. The Hall–Kier alpha value is -0.400. The third-order valence-electron chi connectivity index (χ3n) is 2.20. The monoisotopic (exact) mass is 236 g/mol. The fourth-order valence-electron chi connectivity index (χ4n) is 0.858. The molecule has 0 radical (unpaired) electrons. The molecule has 0 aromatic carbocycles. The van der Waals surface area contributed by atoms with Gasteiger partial charge in [0.1, 0.15) is 0 Å². The molecule has 0 aliphatic rings. The Morgan fingerprint density at radius 1 is 0.750 bits per heavy atom. The van der Waals surface area contributed by atoms with Gasteiger partial charge in [-0.1, -0.05) is 0 Å². The summed E-state index contributed by atoms with van der Waals surface area (Å²) < 4.78 is 0. The summed E-state index contributed by atoms with van der Waals surface area (Å²) in [5, 5.41) is 9.31. The van der Waals surface area contributed by atoms with Gasteiger partial charge in [0.15, 0.2) is 0 Å². The van der Waals surface area contributed by atoms with Crippen molar-refractivity contribution in [3.63, 3.8) is 0 Å². The molecule has 0 saturated carbocycles. The van der Waals surface area contributed by atoms with E-state index in [4.69, 9.17) is 5.84 Å². The van der Waals surface area contributed by atoms with Crippen molar-refractivity contribution in [3.8, 4) is 0 Å². The molecule has 0 spiro atoms. The highest BCUT2D eigenvalue weighted by Gasteiger charge is 2.16. The van der Waals surface area contributed by atoms with Crippen molar-refractivity contribution in [2.75, 3.05) is 42.3 Å². The van der Waals surface area contributed by atoms with Gasteiger partial charge in [0, 0.05) is 42.3 Å². The van der Waals surface area contributed by atoms with Crippen LogP contribution in [0.2, 0.25) is 0 Å². The van der Waals surface area contributed by atoms with Gasteiger partial charge < -0.3 is 0 Å². The summed E-state index contributed by atoms with van der Waals surface area (Å²) in [6.07, 6.45) is 0. The third-order valence-corrected chi connectivity index (χ3v) is 2.20. The molecular weight excluding hydrogens is 212 g/mol. The molecule has 0 unspecified atom stereocenters. The number of rotatable bonds is 8. The van der Waals surface area contributed by atoms with E-state index >= 15 is 0 Å². The van der Waals surface area contributed by atoms with E-state index in [1.165, 1.54) is 0 Å². The minimum Gasteiger partial charge on any atom is -0.257 e. The average Bonchev–Trinajstić information content (AvgIpc) is 2.26. The SMILES string of the molecule is CN(C)N(C)N(C)N(C)N(C)NNNNN. The van der Waals surface area contributed by atoms with Crippen LogP contribution in [0.15, 0.2) is 0 Å². The van der Waals surface area contributed by atoms with E-state index in [1.807, 2.05) is 62.6 Å². The quantitative estimate of drug-likeness (QED) is 0.169. The molecule has 10 nitrogen and oxygen atoms in total. The van der Waals surface area contributed by atoms with Gasteiger partial charge in [0.25, 0.3) is 0 Å². The van der Waals surface area contributed by atoms with Crippen LogP contribution >= 0.6 is 0 Å². The first kappa shape index (κ1) is 15.6.